The Hall–Kier alpha value is -2.90. The number of rotatable bonds is 5. The summed E-state index contributed by atoms with van der Waals surface area (Å²) in [6.07, 6.45) is 3.01. The summed E-state index contributed by atoms with van der Waals surface area (Å²) in [5.41, 5.74) is 0.749. The Bertz CT molecular complexity index is 733. The maximum atomic E-state index is 13.0. The van der Waals surface area contributed by atoms with Crippen LogP contribution in [0.1, 0.15) is 19.8 Å². The molecule has 0 bridgehead atoms. The molecule has 1 aromatic heterocycles. The fraction of sp³-hybridized carbons (Fsp3) is 0.389. The monoisotopic (exact) mass is 359 g/mol. The molecular formula is C18H22FN5O2. The van der Waals surface area contributed by atoms with Crippen molar-refractivity contribution in [1.82, 2.24) is 14.9 Å². The van der Waals surface area contributed by atoms with Crippen molar-refractivity contribution in [2.45, 2.75) is 25.8 Å². The van der Waals surface area contributed by atoms with Crippen molar-refractivity contribution in [2.75, 3.05) is 30.3 Å². The molecule has 0 spiro atoms. The lowest BCUT2D eigenvalue weighted by molar-refractivity contribution is 0.0983. The fourth-order valence-corrected chi connectivity index (χ4v) is 2.78. The second-order valence-electron chi connectivity index (χ2n) is 6.00. The third kappa shape index (κ3) is 4.81. The summed E-state index contributed by atoms with van der Waals surface area (Å²) in [6.45, 7) is 3.48. The van der Waals surface area contributed by atoms with Crippen molar-refractivity contribution in [3.8, 4) is 0 Å². The number of nitrogens with zero attached hydrogens (tertiary/aromatic N) is 3. The molecule has 1 amide bonds. The van der Waals surface area contributed by atoms with E-state index in [1.807, 2.05) is 0 Å². The second-order valence-corrected chi connectivity index (χ2v) is 6.00. The van der Waals surface area contributed by atoms with Crippen LogP contribution in [0.3, 0.4) is 0 Å². The summed E-state index contributed by atoms with van der Waals surface area (Å²) >= 11 is 0. The normalized spacial score (nSPS) is 14.8. The summed E-state index contributed by atoms with van der Waals surface area (Å²) in [4.78, 5) is 22.1. The number of piperidine rings is 1. The zero-order valence-electron chi connectivity index (χ0n) is 14.6. The van der Waals surface area contributed by atoms with Crippen LogP contribution >= 0.6 is 0 Å². The van der Waals surface area contributed by atoms with Gasteiger partial charge in [-0.05, 0) is 50.1 Å². The maximum Gasteiger partial charge on any atom is 0.409 e. The summed E-state index contributed by atoms with van der Waals surface area (Å²) in [7, 11) is 0. The number of carbonyl (C=O) groups excluding carboxylic acids is 1. The Morgan fingerprint density at radius 2 is 2.00 bits per heavy atom. The van der Waals surface area contributed by atoms with Crippen LogP contribution in [-0.4, -0.2) is 46.7 Å². The number of nitrogens with one attached hydrogen (secondary N) is 2. The van der Waals surface area contributed by atoms with Gasteiger partial charge in [0, 0.05) is 31.0 Å². The maximum absolute atomic E-state index is 13.0. The van der Waals surface area contributed by atoms with E-state index in [-0.39, 0.29) is 18.0 Å². The number of ether oxygens (including phenoxy) is 1. The van der Waals surface area contributed by atoms with Gasteiger partial charge in [-0.15, -0.1) is 0 Å². The molecule has 1 aliphatic rings. The van der Waals surface area contributed by atoms with Crippen molar-refractivity contribution in [3.05, 3.63) is 42.3 Å². The highest BCUT2D eigenvalue weighted by molar-refractivity contribution is 5.67. The van der Waals surface area contributed by atoms with Crippen LogP contribution in [0, 0.1) is 5.82 Å². The molecule has 2 N–H and O–H groups in total. The van der Waals surface area contributed by atoms with Crippen molar-refractivity contribution in [2.24, 2.45) is 0 Å². The minimum atomic E-state index is -0.283. The Morgan fingerprint density at radius 1 is 1.27 bits per heavy atom. The molecule has 2 aromatic rings. The summed E-state index contributed by atoms with van der Waals surface area (Å²) in [5, 5.41) is 6.42. The summed E-state index contributed by atoms with van der Waals surface area (Å²) in [5.74, 6) is 0.861. The van der Waals surface area contributed by atoms with E-state index in [0.717, 1.165) is 18.5 Å². The van der Waals surface area contributed by atoms with E-state index < -0.39 is 0 Å². The lowest BCUT2D eigenvalue weighted by Crippen LogP contribution is -2.42. The number of carbonyl (C=O) groups is 1. The highest BCUT2D eigenvalue weighted by Crippen LogP contribution is 2.18. The first-order chi connectivity index (χ1) is 12.6. The minimum Gasteiger partial charge on any atom is -0.450 e. The van der Waals surface area contributed by atoms with Crippen LogP contribution in [0.2, 0.25) is 0 Å². The number of hydrogen-bond donors (Lipinski definition) is 2. The van der Waals surface area contributed by atoms with Gasteiger partial charge in [0.1, 0.15) is 11.6 Å². The molecule has 138 valence electrons. The highest BCUT2D eigenvalue weighted by Gasteiger charge is 2.23. The molecule has 8 heteroatoms. The Balaban J connectivity index is 1.54. The van der Waals surface area contributed by atoms with Crippen LogP contribution in [0.4, 0.5) is 26.6 Å². The van der Waals surface area contributed by atoms with Gasteiger partial charge in [0.15, 0.2) is 0 Å². The largest absolute Gasteiger partial charge is 0.450 e. The molecule has 1 aromatic carbocycles. The van der Waals surface area contributed by atoms with Gasteiger partial charge < -0.3 is 20.3 Å². The molecule has 0 aliphatic carbocycles. The first-order valence-electron chi connectivity index (χ1n) is 8.68. The van der Waals surface area contributed by atoms with Gasteiger partial charge in [0.25, 0.3) is 0 Å². The first kappa shape index (κ1) is 17.9. The van der Waals surface area contributed by atoms with Crippen molar-refractivity contribution in [1.29, 1.82) is 0 Å². The number of aromatic nitrogens is 2. The van der Waals surface area contributed by atoms with E-state index in [2.05, 4.69) is 20.6 Å². The average molecular weight is 359 g/mol. The molecule has 1 fully saturated rings. The number of amides is 1. The summed E-state index contributed by atoms with van der Waals surface area (Å²) < 4.78 is 18.0. The first-order valence-corrected chi connectivity index (χ1v) is 8.68. The third-order valence-corrected chi connectivity index (χ3v) is 4.13. The van der Waals surface area contributed by atoms with E-state index in [0.29, 0.717) is 31.5 Å². The van der Waals surface area contributed by atoms with Crippen LogP contribution < -0.4 is 10.6 Å². The molecule has 2 heterocycles. The van der Waals surface area contributed by atoms with Crippen LogP contribution in [0.15, 0.2) is 36.5 Å². The lowest BCUT2D eigenvalue weighted by Gasteiger charge is -2.31. The number of likely N-dealkylation sites (tertiary alicyclic amines) is 1. The standard InChI is InChI=1S/C18H22FN5O2/c1-2-26-18(25)24-11-8-15(9-12-24)22-17-20-10-7-16(23-17)21-14-5-3-13(19)4-6-14/h3-7,10,15H,2,8-9,11-12H2,1H3,(H2,20,21,22,23). The SMILES string of the molecule is CCOC(=O)N1CCC(Nc2nccc(Nc3ccc(F)cc3)n2)CC1. The smallest absolute Gasteiger partial charge is 0.409 e. The summed E-state index contributed by atoms with van der Waals surface area (Å²) in [6, 6.07) is 8.02. The average Bonchev–Trinajstić information content (AvgIpc) is 2.65. The molecule has 0 atom stereocenters. The van der Waals surface area contributed by atoms with Gasteiger partial charge in [-0.1, -0.05) is 0 Å². The van der Waals surface area contributed by atoms with Gasteiger partial charge in [-0.2, -0.15) is 4.98 Å². The van der Waals surface area contributed by atoms with Crippen molar-refractivity contribution in [3.63, 3.8) is 0 Å². The van der Waals surface area contributed by atoms with E-state index in [1.54, 1.807) is 36.2 Å². The zero-order chi connectivity index (χ0) is 18.4. The van der Waals surface area contributed by atoms with Gasteiger partial charge in [0.05, 0.1) is 6.61 Å². The highest BCUT2D eigenvalue weighted by atomic mass is 19.1. The predicted molar refractivity (Wildman–Crippen MR) is 97.0 cm³/mol. The van der Waals surface area contributed by atoms with E-state index in [1.165, 1.54) is 12.1 Å². The third-order valence-electron chi connectivity index (χ3n) is 4.13. The van der Waals surface area contributed by atoms with Crippen LogP contribution in [0.25, 0.3) is 0 Å². The van der Waals surface area contributed by atoms with Crippen LogP contribution in [0.5, 0.6) is 0 Å². The molecule has 0 unspecified atom stereocenters. The topological polar surface area (TPSA) is 79.4 Å². The molecule has 1 saturated heterocycles. The number of anilines is 3. The minimum absolute atomic E-state index is 0.196. The van der Waals surface area contributed by atoms with E-state index >= 15 is 0 Å². The molecule has 0 saturated carbocycles. The Morgan fingerprint density at radius 3 is 2.69 bits per heavy atom. The number of halogens is 1. The second kappa shape index (κ2) is 8.46. The number of hydrogen-bond acceptors (Lipinski definition) is 6. The van der Waals surface area contributed by atoms with E-state index in [9.17, 15) is 9.18 Å². The zero-order valence-corrected chi connectivity index (χ0v) is 14.6. The number of benzene rings is 1. The Labute approximate surface area is 151 Å². The lowest BCUT2D eigenvalue weighted by atomic mass is 10.1. The molecular weight excluding hydrogens is 337 g/mol. The molecule has 26 heavy (non-hydrogen) atoms. The van der Waals surface area contributed by atoms with Crippen LogP contribution in [-0.2, 0) is 4.74 Å². The molecule has 1 aliphatic heterocycles. The van der Waals surface area contributed by atoms with Gasteiger partial charge in [-0.25, -0.2) is 14.2 Å². The Kier molecular flexibility index (Phi) is 5.83. The fourth-order valence-electron chi connectivity index (χ4n) is 2.78. The molecule has 7 nitrogen and oxygen atoms in total. The molecule has 0 radical (unpaired) electrons. The van der Waals surface area contributed by atoms with Gasteiger partial charge >= 0.3 is 6.09 Å². The van der Waals surface area contributed by atoms with Crippen molar-refractivity contribution < 1.29 is 13.9 Å². The van der Waals surface area contributed by atoms with E-state index in [4.69, 9.17) is 4.74 Å². The predicted octanol–water partition coefficient (Wildman–Crippen LogP) is 3.39. The van der Waals surface area contributed by atoms with Gasteiger partial charge in [-0.3, -0.25) is 0 Å². The quantitative estimate of drug-likeness (QED) is 0.852. The molecule has 3 rings (SSSR count). The van der Waals surface area contributed by atoms with Crippen molar-refractivity contribution >= 4 is 23.5 Å². The van der Waals surface area contributed by atoms with Gasteiger partial charge in [0.2, 0.25) is 5.95 Å².